The first-order chi connectivity index (χ1) is 20.3. The predicted molar refractivity (Wildman–Crippen MR) is 162 cm³/mol. The normalized spacial score (nSPS) is 16.8. The Morgan fingerprint density at radius 2 is 1.57 bits per heavy atom. The molecule has 2 N–H and O–H groups in total. The number of aromatic carboxylic acids is 1. The van der Waals surface area contributed by atoms with Crippen LogP contribution in [0.1, 0.15) is 83.5 Å². The SMILES string of the molecule is O=C(O)CCCCN(CCc1cc(Cl)ccc1OCc1ccc(C2CCC(F)CC2)cc1)Cc1ccc(C(=O)O)cc1. The molecule has 1 fully saturated rings. The van der Waals surface area contributed by atoms with Gasteiger partial charge in [0.15, 0.2) is 0 Å². The largest absolute Gasteiger partial charge is 0.489 e. The Morgan fingerprint density at radius 1 is 0.881 bits per heavy atom. The first-order valence-electron chi connectivity index (χ1n) is 14.7. The van der Waals surface area contributed by atoms with Crippen LogP contribution in [0.4, 0.5) is 4.39 Å². The fourth-order valence-electron chi connectivity index (χ4n) is 5.49. The molecule has 8 heteroatoms. The van der Waals surface area contributed by atoms with E-state index in [1.165, 1.54) is 5.56 Å². The van der Waals surface area contributed by atoms with Gasteiger partial charge in [-0.3, -0.25) is 9.69 Å². The Hall–Kier alpha value is -3.42. The predicted octanol–water partition coefficient (Wildman–Crippen LogP) is 7.91. The molecule has 4 rings (SSSR count). The van der Waals surface area contributed by atoms with Crippen molar-refractivity contribution in [2.75, 3.05) is 13.1 Å². The van der Waals surface area contributed by atoms with Crippen molar-refractivity contribution in [3.63, 3.8) is 0 Å². The van der Waals surface area contributed by atoms with E-state index in [-0.39, 0.29) is 12.0 Å². The quantitative estimate of drug-likeness (QED) is 0.174. The minimum Gasteiger partial charge on any atom is -0.489 e. The molecule has 3 aromatic carbocycles. The molecule has 42 heavy (non-hydrogen) atoms. The molecule has 0 atom stereocenters. The van der Waals surface area contributed by atoms with Gasteiger partial charge in [-0.05, 0) is 110 Å². The van der Waals surface area contributed by atoms with Crippen LogP contribution < -0.4 is 4.74 Å². The molecule has 0 amide bonds. The lowest BCUT2D eigenvalue weighted by atomic mass is 9.83. The summed E-state index contributed by atoms with van der Waals surface area (Å²) in [5.41, 5.74) is 4.54. The molecule has 6 nitrogen and oxygen atoms in total. The van der Waals surface area contributed by atoms with Crippen molar-refractivity contribution in [1.82, 2.24) is 4.90 Å². The van der Waals surface area contributed by atoms with Crippen LogP contribution in [0.25, 0.3) is 0 Å². The van der Waals surface area contributed by atoms with E-state index in [1.54, 1.807) is 12.1 Å². The molecule has 0 unspecified atom stereocenters. The Balaban J connectivity index is 1.38. The van der Waals surface area contributed by atoms with Crippen molar-refractivity contribution in [3.8, 4) is 5.75 Å². The summed E-state index contributed by atoms with van der Waals surface area (Å²) in [4.78, 5) is 24.4. The van der Waals surface area contributed by atoms with Crippen LogP contribution in [-0.2, 0) is 24.4 Å². The standard InChI is InChI=1S/C34H39ClFNO5/c35-30-14-17-32(42-23-25-6-8-26(9-7-25)27-12-15-31(36)16-13-27)29(21-30)18-20-37(19-2-1-3-33(38)39)22-24-4-10-28(11-5-24)34(40)41/h4-11,14,17,21,27,31H,1-3,12-13,15-16,18-20,22-23H2,(H,38,39)(H,40,41). The minimum absolute atomic E-state index is 0.132. The van der Waals surface area contributed by atoms with Crippen LogP contribution in [0.2, 0.25) is 5.02 Å². The maximum absolute atomic E-state index is 13.5. The van der Waals surface area contributed by atoms with Gasteiger partial charge in [-0.15, -0.1) is 0 Å². The van der Waals surface area contributed by atoms with Gasteiger partial charge in [0.05, 0.1) is 5.56 Å². The zero-order chi connectivity index (χ0) is 29.9. The second-order valence-corrected chi connectivity index (χ2v) is 11.5. The fourth-order valence-corrected chi connectivity index (χ4v) is 5.68. The van der Waals surface area contributed by atoms with E-state index in [2.05, 4.69) is 29.2 Å². The molecule has 1 saturated carbocycles. The number of carboxylic acid groups (broad SMARTS) is 2. The first-order valence-corrected chi connectivity index (χ1v) is 15.0. The van der Waals surface area contributed by atoms with Gasteiger partial charge in [0.25, 0.3) is 0 Å². The number of ether oxygens (including phenoxy) is 1. The number of carbonyl (C=O) groups is 2. The molecule has 0 saturated heterocycles. The number of rotatable bonds is 15. The number of carboxylic acids is 2. The summed E-state index contributed by atoms with van der Waals surface area (Å²) in [5.74, 6) is -0.569. The highest BCUT2D eigenvalue weighted by Crippen LogP contribution is 2.34. The summed E-state index contributed by atoms with van der Waals surface area (Å²) < 4.78 is 19.8. The lowest BCUT2D eigenvalue weighted by Crippen LogP contribution is -2.27. The first kappa shape index (κ1) is 31.5. The summed E-state index contributed by atoms with van der Waals surface area (Å²) in [6.07, 6.45) is 4.57. The average molecular weight is 596 g/mol. The van der Waals surface area contributed by atoms with Crippen LogP contribution in [0.5, 0.6) is 5.75 Å². The molecule has 1 aliphatic rings. The van der Waals surface area contributed by atoms with E-state index in [1.807, 2.05) is 30.3 Å². The van der Waals surface area contributed by atoms with Gasteiger partial charge in [-0.25, -0.2) is 9.18 Å². The van der Waals surface area contributed by atoms with Crippen LogP contribution in [0.15, 0.2) is 66.7 Å². The number of aliphatic carboxylic acids is 1. The highest BCUT2D eigenvalue weighted by atomic mass is 35.5. The Morgan fingerprint density at radius 3 is 2.24 bits per heavy atom. The van der Waals surface area contributed by atoms with E-state index >= 15 is 0 Å². The minimum atomic E-state index is -0.961. The van der Waals surface area contributed by atoms with E-state index in [4.69, 9.17) is 21.4 Å². The van der Waals surface area contributed by atoms with Crippen LogP contribution in [0.3, 0.4) is 0 Å². The smallest absolute Gasteiger partial charge is 0.335 e. The second-order valence-electron chi connectivity index (χ2n) is 11.1. The number of benzene rings is 3. The lowest BCUT2D eigenvalue weighted by Gasteiger charge is -2.24. The maximum atomic E-state index is 13.5. The van der Waals surface area contributed by atoms with Crippen molar-refractivity contribution in [2.24, 2.45) is 0 Å². The molecule has 3 aromatic rings. The Labute approximate surface area is 252 Å². The molecular weight excluding hydrogens is 557 g/mol. The lowest BCUT2D eigenvalue weighted by molar-refractivity contribution is -0.137. The number of nitrogens with zero attached hydrogens (tertiary/aromatic N) is 1. The van der Waals surface area contributed by atoms with Crippen molar-refractivity contribution < 1.29 is 28.9 Å². The fraction of sp³-hybridized carbons (Fsp3) is 0.412. The van der Waals surface area contributed by atoms with Crippen molar-refractivity contribution in [3.05, 3.63) is 99.6 Å². The van der Waals surface area contributed by atoms with Crippen LogP contribution in [-0.4, -0.2) is 46.3 Å². The van der Waals surface area contributed by atoms with Gasteiger partial charge in [0.2, 0.25) is 0 Å². The van der Waals surface area contributed by atoms with Gasteiger partial charge in [-0.2, -0.15) is 0 Å². The number of hydrogen-bond acceptors (Lipinski definition) is 4. The zero-order valence-corrected chi connectivity index (χ0v) is 24.6. The third-order valence-electron chi connectivity index (χ3n) is 7.94. The molecule has 0 aromatic heterocycles. The Kier molecular flexibility index (Phi) is 11.8. The number of hydrogen-bond donors (Lipinski definition) is 2. The second kappa shape index (κ2) is 15.7. The average Bonchev–Trinajstić information content (AvgIpc) is 2.98. The van der Waals surface area contributed by atoms with E-state index < -0.39 is 18.1 Å². The van der Waals surface area contributed by atoms with Gasteiger partial charge in [-0.1, -0.05) is 48.0 Å². The Bertz CT molecular complexity index is 1310. The molecule has 0 heterocycles. The summed E-state index contributed by atoms with van der Waals surface area (Å²) >= 11 is 6.36. The van der Waals surface area contributed by atoms with E-state index in [0.717, 1.165) is 41.7 Å². The van der Waals surface area contributed by atoms with Crippen LogP contribution >= 0.6 is 11.6 Å². The third-order valence-corrected chi connectivity index (χ3v) is 8.18. The van der Waals surface area contributed by atoms with E-state index in [9.17, 15) is 19.1 Å². The highest BCUT2D eigenvalue weighted by Gasteiger charge is 2.21. The van der Waals surface area contributed by atoms with E-state index in [0.29, 0.717) is 62.9 Å². The third kappa shape index (κ3) is 9.85. The van der Waals surface area contributed by atoms with Gasteiger partial charge < -0.3 is 14.9 Å². The van der Waals surface area contributed by atoms with Crippen molar-refractivity contribution >= 4 is 23.5 Å². The molecule has 0 aliphatic heterocycles. The number of alkyl halides is 1. The van der Waals surface area contributed by atoms with Crippen molar-refractivity contribution in [2.45, 2.75) is 76.6 Å². The zero-order valence-electron chi connectivity index (χ0n) is 23.8. The number of halogens is 2. The summed E-state index contributed by atoms with van der Waals surface area (Å²) in [6.45, 7) is 2.44. The highest BCUT2D eigenvalue weighted by molar-refractivity contribution is 6.30. The molecule has 0 spiro atoms. The summed E-state index contributed by atoms with van der Waals surface area (Å²) in [7, 11) is 0. The monoisotopic (exact) mass is 595 g/mol. The summed E-state index contributed by atoms with van der Waals surface area (Å²) in [5, 5.41) is 18.8. The molecule has 0 radical (unpaired) electrons. The maximum Gasteiger partial charge on any atom is 0.335 e. The number of unbranched alkanes of at least 4 members (excludes halogenated alkanes) is 1. The summed E-state index contributed by atoms with van der Waals surface area (Å²) in [6, 6.07) is 20.9. The van der Waals surface area contributed by atoms with Crippen molar-refractivity contribution in [1.29, 1.82) is 0 Å². The molecule has 224 valence electrons. The van der Waals surface area contributed by atoms with Gasteiger partial charge >= 0.3 is 11.9 Å². The molecule has 1 aliphatic carbocycles. The topological polar surface area (TPSA) is 87.1 Å². The van der Waals surface area contributed by atoms with Crippen LogP contribution in [0, 0.1) is 0 Å². The van der Waals surface area contributed by atoms with Gasteiger partial charge in [0, 0.05) is 24.5 Å². The molecule has 0 bridgehead atoms. The molecular formula is C34H39ClFNO5. The van der Waals surface area contributed by atoms with Gasteiger partial charge in [0.1, 0.15) is 18.5 Å².